The van der Waals surface area contributed by atoms with Gasteiger partial charge in [-0.25, -0.2) is 9.18 Å². The van der Waals surface area contributed by atoms with Crippen LogP contribution < -0.4 is 5.32 Å². The molecule has 0 unspecified atom stereocenters. The van der Waals surface area contributed by atoms with Crippen LogP contribution in [0.2, 0.25) is 0 Å². The fourth-order valence-electron chi connectivity index (χ4n) is 4.29. The van der Waals surface area contributed by atoms with E-state index in [4.69, 9.17) is 4.74 Å². The van der Waals surface area contributed by atoms with Crippen LogP contribution in [0.15, 0.2) is 54.1 Å². The van der Waals surface area contributed by atoms with Crippen LogP contribution >= 0.6 is 0 Å². The Morgan fingerprint density at radius 3 is 2.68 bits per heavy atom. The quantitative estimate of drug-likeness (QED) is 0.327. The highest BCUT2D eigenvalue weighted by Crippen LogP contribution is 2.26. The topological polar surface area (TPSA) is 84.1 Å². The predicted octanol–water partition coefficient (Wildman–Crippen LogP) is 4.81. The summed E-state index contributed by atoms with van der Waals surface area (Å²) in [6.07, 6.45) is 4.53. The van der Waals surface area contributed by atoms with Crippen molar-refractivity contribution in [3.8, 4) is 11.8 Å². The zero-order chi connectivity index (χ0) is 24.2. The molecule has 3 aromatic rings. The number of fused-ring (bicyclic) bond motifs is 1. The van der Waals surface area contributed by atoms with E-state index in [9.17, 15) is 19.2 Å². The first kappa shape index (κ1) is 23.0. The standard InChI is InChI=1S/C27H24FN3O3/c1-17-12-21(18(2)31(17)25-9-4-3-8-24(25)28)13-22(15-29)27(33)34-16-26(32)30-23-11-10-19-6-5-7-20(19)14-23/h3-4,8-14H,5-7,16H2,1-2H3,(H,30,32)/b22-13-. The summed E-state index contributed by atoms with van der Waals surface area (Å²) in [5.74, 6) is -1.77. The van der Waals surface area contributed by atoms with Crippen molar-refractivity contribution in [2.24, 2.45) is 0 Å². The molecule has 0 spiro atoms. The van der Waals surface area contributed by atoms with E-state index in [0.717, 1.165) is 25.0 Å². The number of hydrogen-bond acceptors (Lipinski definition) is 4. The molecule has 1 aromatic heterocycles. The summed E-state index contributed by atoms with van der Waals surface area (Å²) >= 11 is 0. The number of esters is 1. The van der Waals surface area contributed by atoms with Gasteiger partial charge in [0.2, 0.25) is 0 Å². The summed E-state index contributed by atoms with van der Waals surface area (Å²) in [5.41, 5.74) is 5.28. The normalized spacial score (nSPS) is 12.7. The smallest absolute Gasteiger partial charge is 0.349 e. The molecule has 172 valence electrons. The molecule has 1 heterocycles. The molecule has 0 aliphatic heterocycles. The molecular weight excluding hydrogens is 433 g/mol. The third-order valence-corrected chi connectivity index (χ3v) is 5.92. The van der Waals surface area contributed by atoms with E-state index in [1.54, 1.807) is 35.8 Å². The predicted molar refractivity (Wildman–Crippen MR) is 127 cm³/mol. The van der Waals surface area contributed by atoms with Crippen LogP contribution in [0.1, 0.15) is 34.5 Å². The Kier molecular flexibility index (Phi) is 6.60. The van der Waals surface area contributed by atoms with E-state index < -0.39 is 18.5 Å². The number of carbonyl (C=O) groups excluding carboxylic acids is 2. The van der Waals surface area contributed by atoms with E-state index >= 15 is 0 Å². The number of carbonyl (C=O) groups is 2. The van der Waals surface area contributed by atoms with Crippen molar-refractivity contribution in [1.82, 2.24) is 4.57 Å². The maximum absolute atomic E-state index is 14.3. The zero-order valence-electron chi connectivity index (χ0n) is 19.0. The lowest BCUT2D eigenvalue weighted by Crippen LogP contribution is -2.21. The van der Waals surface area contributed by atoms with Crippen molar-refractivity contribution < 1.29 is 18.7 Å². The van der Waals surface area contributed by atoms with Crippen LogP contribution in [0.25, 0.3) is 11.8 Å². The van der Waals surface area contributed by atoms with Crippen LogP contribution in [-0.2, 0) is 27.2 Å². The van der Waals surface area contributed by atoms with Gasteiger partial charge in [0.15, 0.2) is 6.61 Å². The first-order valence-electron chi connectivity index (χ1n) is 11.0. The second-order valence-electron chi connectivity index (χ2n) is 8.24. The molecule has 1 aliphatic carbocycles. The van der Waals surface area contributed by atoms with Gasteiger partial charge >= 0.3 is 5.97 Å². The van der Waals surface area contributed by atoms with Crippen LogP contribution in [0.3, 0.4) is 0 Å². The van der Waals surface area contributed by atoms with Gasteiger partial charge in [-0.05, 0) is 86.2 Å². The van der Waals surface area contributed by atoms with Gasteiger partial charge in [-0.2, -0.15) is 5.26 Å². The van der Waals surface area contributed by atoms with E-state index in [1.165, 1.54) is 23.3 Å². The lowest BCUT2D eigenvalue weighted by Gasteiger charge is -2.10. The highest BCUT2D eigenvalue weighted by molar-refractivity contribution is 6.00. The molecule has 4 rings (SSSR count). The summed E-state index contributed by atoms with van der Waals surface area (Å²) in [5, 5.41) is 12.2. The summed E-state index contributed by atoms with van der Waals surface area (Å²) in [6.45, 7) is 3.07. The van der Waals surface area contributed by atoms with Gasteiger partial charge in [0.25, 0.3) is 5.91 Å². The second kappa shape index (κ2) is 9.75. The summed E-state index contributed by atoms with van der Waals surface area (Å²) in [4.78, 5) is 24.7. The van der Waals surface area contributed by atoms with Crippen molar-refractivity contribution in [3.63, 3.8) is 0 Å². The largest absolute Gasteiger partial charge is 0.451 e. The summed E-state index contributed by atoms with van der Waals surface area (Å²) in [6, 6.07) is 15.7. The zero-order valence-corrected chi connectivity index (χ0v) is 19.0. The number of halogens is 1. The number of nitriles is 1. The number of ether oxygens (including phenoxy) is 1. The molecule has 0 saturated heterocycles. The third kappa shape index (κ3) is 4.76. The van der Waals surface area contributed by atoms with Crippen molar-refractivity contribution >= 4 is 23.6 Å². The van der Waals surface area contributed by atoms with Crippen molar-refractivity contribution in [2.75, 3.05) is 11.9 Å². The van der Waals surface area contributed by atoms with E-state index in [0.29, 0.717) is 22.6 Å². The molecule has 1 amide bonds. The van der Waals surface area contributed by atoms with Crippen molar-refractivity contribution in [3.05, 3.63) is 88.0 Å². The lowest BCUT2D eigenvalue weighted by atomic mass is 10.1. The highest BCUT2D eigenvalue weighted by atomic mass is 19.1. The number of benzene rings is 2. The third-order valence-electron chi connectivity index (χ3n) is 5.92. The van der Waals surface area contributed by atoms with Crippen molar-refractivity contribution in [2.45, 2.75) is 33.1 Å². The summed E-state index contributed by atoms with van der Waals surface area (Å²) < 4.78 is 21.1. The molecule has 34 heavy (non-hydrogen) atoms. The summed E-state index contributed by atoms with van der Waals surface area (Å²) in [7, 11) is 0. The first-order valence-corrected chi connectivity index (χ1v) is 11.0. The molecule has 2 aromatic carbocycles. The molecule has 6 nitrogen and oxygen atoms in total. The van der Waals surface area contributed by atoms with Gasteiger partial charge in [0.1, 0.15) is 17.5 Å². The maximum atomic E-state index is 14.3. The molecule has 0 radical (unpaired) electrons. The number of nitrogens with one attached hydrogen (secondary N) is 1. The minimum atomic E-state index is -0.901. The fraction of sp³-hybridized carbons (Fsp3) is 0.222. The Labute approximate surface area is 197 Å². The van der Waals surface area contributed by atoms with Gasteiger partial charge in [-0.1, -0.05) is 18.2 Å². The Morgan fingerprint density at radius 1 is 1.15 bits per heavy atom. The van der Waals surface area contributed by atoms with Crippen molar-refractivity contribution in [1.29, 1.82) is 5.26 Å². The van der Waals surface area contributed by atoms with Crippen LogP contribution in [0.5, 0.6) is 0 Å². The maximum Gasteiger partial charge on any atom is 0.349 e. The Hall–Kier alpha value is -4.18. The Bertz CT molecular complexity index is 1350. The molecule has 0 atom stereocenters. The molecule has 7 heteroatoms. The average Bonchev–Trinajstić information content (AvgIpc) is 3.39. The van der Waals surface area contributed by atoms with Gasteiger partial charge in [-0.15, -0.1) is 0 Å². The number of amides is 1. The number of rotatable bonds is 6. The number of anilines is 1. The number of hydrogen-bond donors (Lipinski definition) is 1. The SMILES string of the molecule is Cc1cc(/C=C(/C#N)C(=O)OCC(=O)Nc2ccc3c(c2)CCC3)c(C)n1-c1ccccc1F. The van der Waals surface area contributed by atoms with Crippen LogP contribution in [0.4, 0.5) is 10.1 Å². The fourth-order valence-corrected chi connectivity index (χ4v) is 4.29. The number of aryl methyl sites for hydroxylation is 3. The van der Waals surface area contributed by atoms with E-state index in [-0.39, 0.29) is 11.4 Å². The lowest BCUT2D eigenvalue weighted by molar-refractivity contribution is -0.142. The minimum absolute atomic E-state index is 0.251. The second-order valence-corrected chi connectivity index (χ2v) is 8.24. The van der Waals surface area contributed by atoms with Gasteiger partial charge in [-0.3, -0.25) is 4.79 Å². The molecule has 0 bridgehead atoms. The van der Waals surface area contributed by atoms with Gasteiger partial charge in [0, 0.05) is 17.1 Å². The van der Waals surface area contributed by atoms with Crippen LogP contribution in [-0.4, -0.2) is 23.1 Å². The number of aromatic nitrogens is 1. The van der Waals surface area contributed by atoms with Crippen LogP contribution in [0, 0.1) is 31.0 Å². The molecular formula is C27H24FN3O3. The number of nitrogens with zero attached hydrogens (tertiary/aromatic N) is 2. The molecule has 0 fully saturated rings. The first-order chi connectivity index (χ1) is 16.4. The number of para-hydroxylation sites is 1. The molecule has 0 saturated carbocycles. The monoisotopic (exact) mass is 457 g/mol. The molecule has 1 aliphatic rings. The van der Waals surface area contributed by atoms with E-state index in [1.807, 2.05) is 31.2 Å². The minimum Gasteiger partial charge on any atom is -0.451 e. The molecule has 1 N–H and O–H groups in total. The highest BCUT2D eigenvalue weighted by Gasteiger charge is 2.18. The van der Waals surface area contributed by atoms with Gasteiger partial charge in [0.05, 0.1) is 5.69 Å². The van der Waals surface area contributed by atoms with Gasteiger partial charge < -0.3 is 14.6 Å². The average molecular weight is 458 g/mol. The Balaban J connectivity index is 1.44. The Morgan fingerprint density at radius 2 is 1.91 bits per heavy atom. The van der Waals surface area contributed by atoms with E-state index in [2.05, 4.69) is 5.32 Å².